The Balaban J connectivity index is 1.69. The maximum atomic E-state index is 12.9. The third kappa shape index (κ3) is 8.16. The van der Waals surface area contributed by atoms with Crippen LogP contribution in [0.15, 0.2) is 53.5 Å². The fourth-order valence-corrected chi connectivity index (χ4v) is 2.52. The molecule has 28 heavy (non-hydrogen) atoms. The minimum atomic E-state index is -0.317. The zero-order chi connectivity index (χ0) is 20.2. The van der Waals surface area contributed by atoms with Crippen molar-refractivity contribution in [2.24, 2.45) is 4.99 Å². The van der Waals surface area contributed by atoms with Crippen LogP contribution in [0.25, 0.3) is 0 Å². The number of guanidine groups is 1. The first kappa shape index (κ1) is 21.3. The van der Waals surface area contributed by atoms with E-state index in [1.54, 1.807) is 24.3 Å². The molecule has 2 rings (SSSR count). The summed E-state index contributed by atoms with van der Waals surface area (Å²) in [5.41, 5.74) is 1.79. The van der Waals surface area contributed by atoms with E-state index in [0.29, 0.717) is 32.0 Å². The third-order valence-electron chi connectivity index (χ3n) is 3.95. The lowest BCUT2D eigenvalue weighted by molar-refractivity contribution is -0.120. The van der Waals surface area contributed by atoms with Gasteiger partial charge < -0.3 is 16.0 Å². The number of benzene rings is 2. The molecule has 0 aromatic heterocycles. The van der Waals surface area contributed by atoms with Crippen molar-refractivity contribution in [1.29, 1.82) is 0 Å². The van der Waals surface area contributed by atoms with Gasteiger partial charge in [-0.05, 0) is 48.7 Å². The van der Waals surface area contributed by atoms with Gasteiger partial charge in [0, 0.05) is 26.2 Å². The van der Waals surface area contributed by atoms with Crippen LogP contribution in [0.1, 0.15) is 18.1 Å². The van der Waals surface area contributed by atoms with Gasteiger partial charge in [0.2, 0.25) is 5.91 Å². The van der Waals surface area contributed by atoms with Gasteiger partial charge in [-0.1, -0.05) is 24.3 Å². The number of aliphatic imine (C=N–C) groups is 1. The summed E-state index contributed by atoms with van der Waals surface area (Å²) in [5.74, 6) is -0.0178. The monoisotopic (exact) mass is 388 g/mol. The van der Waals surface area contributed by atoms with Crippen molar-refractivity contribution in [3.8, 4) is 0 Å². The molecule has 7 heteroatoms. The molecule has 0 spiro atoms. The summed E-state index contributed by atoms with van der Waals surface area (Å²) in [6.07, 6.45) is 0.928. The highest BCUT2D eigenvalue weighted by molar-refractivity contribution is 5.80. The lowest BCUT2D eigenvalue weighted by Gasteiger charge is -2.12. The summed E-state index contributed by atoms with van der Waals surface area (Å²) < 4.78 is 25.8. The highest BCUT2D eigenvalue weighted by Gasteiger charge is 2.03. The van der Waals surface area contributed by atoms with E-state index >= 15 is 0 Å². The maximum Gasteiger partial charge on any atom is 0.224 e. The Bertz CT molecular complexity index is 761. The predicted octanol–water partition coefficient (Wildman–Crippen LogP) is 2.42. The predicted molar refractivity (Wildman–Crippen MR) is 107 cm³/mol. The first-order valence-electron chi connectivity index (χ1n) is 9.34. The second kappa shape index (κ2) is 11.7. The zero-order valence-electron chi connectivity index (χ0n) is 16.0. The molecule has 2 aromatic rings. The molecule has 0 heterocycles. The number of rotatable bonds is 9. The number of carbonyl (C=O) groups excluding carboxylic acids is 1. The minimum absolute atomic E-state index is 0.119. The standard InChI is InChI=1S/C21H26F2N4O/c1-2-24-21(26-12-11-16-3-7-18(22)8-4-16)27-14-13-25-20(28)15-17-5-9-19(23)10-6-17/h3-10H,2,11-15H2,1H3,(H,25,28)(H2,24,26,27). The molecule has 0 aliphatic rings. The fraction of sp³-hybridized carbons (Fsp3) is 0.333. The van der Waals surface area contributed by atoms with Crippen molar-refractivity contribution < 1.29 is 13.6 Å². The van der Waals surface area contributed by atoms with Crippen LogP contribution >= 0.6 is 0 Å². The summed E-state index contributed by atoms with van der Waals surface area (Å²) in [7, 11) is 0. The number of amides is 1. The molecule has 0 saturated carbocycles. The summed E-state index contributed by atoms with van der Waals surface area (Å²) >= 11 is 0. The van der Waals surface area contributed by atoms with Gasteiger partial charge >= 0.3 is 0 Å². The van der Waals surface area contributed by atoms with Crippen LogP contribution in [-0.4, -0.2) is 38.0 Å². The van der Waals surface area contributed by atoms with E-state index in [-0.39, 0.29) is 24.0 Å². The van der Waals surface area contributed by atoms with Crippen molar-refractivity contribution in [1.82, 2.24) is 16.0 Å². The molecule has 0 unspecified atom stereocenters. The Kier molecular flexibility index (Phi) is 8.91. The largest absolute Gasteiger partial charge is 0.357 e. The van der Waals surface area contributed by atoms with Crippen LogP contribution < -0.4 is 16.0 Å². The molecule has 3 N–H and O–H groups in total. The number of nitrogens with one attached hydrogen (secondary N) is 3. The van der Waals surface area contributed by atoms with Gasteiger partial charge in [-0.25, -0.2) is 8.78 Å². The second-order valence-corrected chi connectivity index (χ2v) is 6.22. The van der Waals surface area contributed by atoms with Crippen molar-refractivity contribution >= 4 is 11.9 Å². The Labute approximate surface area is 164 Å². The average Bonchev–Trinajstić information content (AvgIpc) is 2.68. The molecule has 2 aromatic carbocycles. The van der Waals surface area contributed by atoms with E-state index in [4.69, 9.17) is 0 Å². The number of nitrogens with zero attached hydrogens (tertiary/aromatic N) is 1. The van der Waals surface area contributed by atoms with E-state index < -0.39 is 0 Å². The van der Waals surface area contributed by atoms with Gasteiger partial charge in [-0.15, -0.1) is 0 Å². The van der Waals surface area contributed by atoms with Crippen molar-refractivity contribution in [2.75, 3.05) is 26.2 Å². The summed E-state index contributed by atoms with van der Waals surface area (Å²) in [5, 5.41) is 9.12. The lowest BCUT2D eigenvalue weighted by atomic mass is 10.1. The summed E-state index contributed by atoms with van der Waals surface area (Å²) in [4.78, 5) is 16.4. The second-order valence-electron chi connectivity index (χ2n) is 6.22. The molecule has 0 bridgehead atoms. The van der Waals surface area contributed by atoms with Gasteiger partial charge in [0.05, 0.1) is 6.42 Å². The van der Waals surface area contributed by atoms with Crippen LogP contribution in [0.2, 0.25) is 0 Å². The Hall–Kier alpha value is -2.96. The minimum Gasteiger partial charge on any atom is -0.357 e. The van der Waals surface area contributed by atoms with Gasteiger partial charge in [-0.3, -0.25) is 9.79 Å². The number of halogens is 2. The molecule has 0 saturated heterocycles. The Morgan fingerprint density at radius 2 is 1.43 bits per heavy atom. The molecule has 0 atom stereocenters. The molecule has 0 radical (unpaired) electrons. The normalized spacial score (nSPS) is 11.2. The van der Waals surface area contributed by atoms with E-state index in [2.05, 4.69) is 20.9 Å². The van der Waals surface area contributed by atoms with Crippen LogP contribution in [-0.2, 0) is 17.6 Å². The molecule has 0 aliphatic carbocycles. The summed E-state index contributed by atoms with van der Waals surface area (Å²) in [6.45, 7) is 4.23. The van der Waals surface area contributed by atoms with E-state index in [9.17, 15) is 13.6 Å². The van der Waals surface area contributed by atoms with Crippen LogP contribution in [0, 0.1) is 11.6 Å². The molecule has 150 valence electrons. The first-order chi connectivity index (χ1) is 13.6. The van der Waals surface area contributed by atoms with Gasteiger partial charge in [0.1, 0.15) is 11.6 Å². The third-order valence-corrected chi connectivity index (χ3v) is 3.95. The molecule has 0 aliphatic heterocycles. The number of hydrogen-bond donors (Lipinski definition) is 3. The maximum absolute atomic E-state index is 12.9. The van der Waals surface area contributed by atoms with Crippen molar-refractivity contribution in [2.45, 2.75) is 19.8 Å². The van der Waals surface area contributed by atoms with Crippen LogP contribution in [0.3, 0.4) is 0 Å². The van der Waals surface area contributed by atoms with E-state index in [1.165, 1.54) is 24.3 Å². The average molecular weight is 388 g/mol. The highest BCUT2D eigenvalue weighted by atomic mass is 19.1. The molecular weight excluding hydrogens is 362 g/mol. The SMILES string of the molecule is CCNC(=NCCc1ccc(F)cc1)NCCNC(=O)Cc1ccc(F)cc1. The Morgan fingerprint density at radius 3 is 2.04 bits per heavy atom. The molecular formula is C21H26F2N4O. The van der Waals surface area contributed by atoms with Gasteiger partial charge in [0.25, 0.3) is 0 Å². The molecule has 1 amide bonds. The van der Waals surface area contributed by atoms with Crippen LogP contribution in [0.4, 0.5) is 8.78 Å². The topological polar surface area (TPSA) is 65.5 Å². The molecule has 0 fully saturated rings. The quantitative estimate of drug-likeness (QED) is 0.351. The van der Waals surface area contributed by atoms with Crippen LogP contribution in [0.5, 0.6) is 0 Å². The fourth-order valence-electron chi connectivity index (χ4n) is 2.52. The van der Waals surface area contributed by atoms with Crippen molar-refractivity contribution in [3.63, 3.8) is 0 Å². The highest BCUT2D eigenvalue weighted by Crippen LogP contribution is 2.04. The van der Waals surface area contributed by atoms with Crippen molar-refractivity contribution in [3.05, 3.63) is 71.3 Å². The van der Waals surface area contributed by atoms with E-state index in [1.807, 2.05) is 6.92 Å². The first-order valence-corrected chi connectivity index (χ1v) is 9.34. The number of hydrogen-bond acceptors (Lipinski definition) is 2. The van der Waals surface area contributed by atoms with Gasteiger partial charge in [-0.2, -0.15) is 0 Å². The zero-order valence-corrected chi connectivity index (χ0v) is 16.0. The molecule has 5 nitrogen and oxygen atoms in total. The Morgan fingerprint density at radius 1 is 0.857 bits per heavy atom. The van der Waals surface area contributed by atoms with E-state index in [0.717, 1.165) is 17.7 Å². The summed E-state index contributed by atoms with van der Waals surface area (Å²) in [6, 6.07) is 12.3. The smallest absolute Gasteiger partial charge is 0.224 e. The number of carbonyl (C=O) groups is 1. The lowest BCUT2D eigenvalue weighted by Crippen LogP contribution is -2.41. The van der Waals surface area contributed by atoms with Gasteiger partial charge in [0.15, 0.2) is 5.96 Å².